The van der Waals surface area contributed by atoms with Gasteiger partial charge in [-0.3, -0.25) is 0 Å². The number of hydrogen-bond donors (Lipinski definition) is 2. The third-order valence-electron chi connectivity index (χ3n) is 3.22. The van der Waals surface area contributed by atoms with Crippen molar-refractivity contribution in [2.45, 2.75) is 19.9 Å². The summed E-state index contributed by atoms with van der Waals surface area (Å²) in [5.74, 6) is 1.47. The van der Waals surface area contributed by atoms with Crippen LogP contribution >= 0.6 is 24.0 Å². The van der Waals surface area contributed by atoms with Crippen molar-refractivity contribution in [3.8, 4) is 5.75 Å². The van der Waals surface area contributed by atoms with E-state index in [1.807, 2.05) is 19.1 Å². The summed E-state index contributed by atoms with van der Waals surface area (Å²) in [6.07, 6.45) is 2.43. The van der Waals surface area contributed by atoms with Crippen LogP contribution < -0.4 is 15.4 Å². The Labute approximate surface area is 158 Å². The van der Waals surface area contributed by atoms with Crippen LogP contribution in [-0.2, 0) is 13.0 Å². The normalized spacial score (nSPS) is 10.9. The molecule has 0 radical (unpaired) electrons. The molecular weight excluding hydrogens is 424 g/mol. The molecule has 0 unspecified atom stereocenters. The van der Waals surface area contributed by atoms with Gasteiger partial charge in [-0.05, 0) is 36.8 Å². The number of benzene rings is 1. The lowest BCUT2D eigenvalue weighted by atomic mass is 10.2. The van der Waals surface area contributed by atoms with E-state index in [1.54, 1.807) is 18.4 Å². The van der Waals surface area contributed by atoms with E-state index in [2.05, 4.69) is 15.6 Å². The highest BCUT2D eigenvalue weighted by Crippen LogP contribution is 2.18. The Morgan fingerprint density at radius 1 is 1.29 bits per heavy atom. The third kappa shape index (κ3) is 6.38. The summed E-state index contributed by atoms with van der Waals surface area (Å²) in [6.45, 7) is 3.84. The first-order chi connectivity index (χ1) is 11.2. The minimum atomic E-state index is -0.379. The van der Waals surface area contributed by atoms with E-state index < -0.39 is 0 Å². The van der Waals surface area contributed by atoms with E-state index in [-0.39, 0.29) is 35.5 Å². The van der Waals surface area contributed by atoms with Crippen LogP contribution in [0.25, 0.3) is 0 Å². The molecule has 0 amide bonds. The molecule has 1 aromatic carbocycles. The van der Waals surface area contributed by atoms with Gasteiger partial charge in [-0.25, -0.2) is 9.38 Å². The number of methoxy groups -OCH3 is 1. The third-order valence-corrected chi connectivity index (χ3v) is 3.22. The Hall–Kier alpha value is -1.77. The topological polar surface area (TPSA) is 58.8 Å². The Morgan fingerprint density at radius 3 is 2.75 bits per heavy atom. The molecule has 7 heteroatoms. The highest BCUT2D eigenvalue weighted by molar-refractivity contribution is 14.0. The van der Waals surface area contributed by atoms with Crippen molar-refractivity contribution in [1.82, 2.24) is 10.6 Å². The number of ether oxygens (including phenoxy) is 1. The van der Waals surface area contributed by atoms with Gasteiger partial charge < -0.3 is 19.8 Å². The molecule has 1 aromatic heterocycles. The second-order valence-corrected chi connectivity index (χ2v) is 4.92. The van der Waals surface area contributed by atoms with E-state index in [1.165, 1.54) is 13.2 Å². The van der Waals surface area contributed by atoms with Crippen molar-refractivity contribution < 1.29 is 13.5 Å². The molecule has 2 N–H and O–H groups in total. The minimum Gasteiger partial charge on any atom is -0.494 e. The van der Waals surface area contributed by atoms with Gasteiger partial charge in [-0.15, -0.1) is 24.0 Å². The van der Waals surface area contributed by atoms with E-state index in [4.69, 9.17) is 9.15 Å². The lowest BCUT2D eigenvalue weighted by Gasteiger charge is -2.11. The fourth-order valence-electron chi connectivity index (χ4n) is 2.08. The number of nitrogens with zero attached hydrogens (tertiary/aromatic N) is 1. The average Bonchev–Trinajstić information content (AvgIpc) is 3.06. The van der Waals surface area contributed by atoms with Gasteiger partial charge in [0, 0.05) is 19.5 Å². The Balaban J connectivity index is 0.00000288. The van der Waals surface area contributed by atoms with Gasteiger partial charge >= 0.3 is 0 Å². The number of nitrogens with one attached hydrogen (secondary N) is 2. The van der Waals surface area contributed by atoms with Gasteiger partial charge in [0.15, 0.2) is 17.5 Å². The zero-order chi connectivity index (χ0) is 16.5. The molecule has 0 spiro atoms. The first-order valence-corrected chi connectivity index (χ1v) is 7.60. The van der Waals surface area contributed by atoms with E-state index >= 15 is 0 Å². The Bertz CT molecular complexity index is 633. The summed E-state index contributed by atoms with van der Waals surface area (Å²) < 4.78 is 23.9. The van der Waals surface area contributed by atoms with Crippen LogP contribution in [0.4, 0.5) is 4.39 Å². The number of hydrogen-bond acceptors (Lipinski definition) is 3. The second kappa shape index (κ2) is 10.9. The van der Waals surface area contributed by atoms with Crippen LogP contribution in [0.3, 0.4) is 0 Å². The number of aliphatic imine (C=N–C) groups is 1. The quantitative estimate of drug-likeness (QED) is 0.389. The number of furan rings is 1. The summed E-state index contributed by atoms with van der Waals surface area (Å²) in [7, 11) is 1.45. The minimum absolute atomic E-state index is 0. The zero-order valence-corrected chi connectivity index (χ0v) is 16.2. The summed E-state index contributed by atoms with van der Waals surface area (Å²) >= 11 is 0. The Kier molecular flexibility index (Phi) is 9.21. The van der Waals surface area contributed by atoms with Crippen molar-refractivity contribution in [1.29, 1.82) is 0 Å². The fraction of sp³-hybridized carbons (Fsp3) is 0.353. The first-order valence-electron chi connectivity index (χ1n) is 7.60. The first kappa shape index (κ1) is 20.3. The lowest BCUT2D eigenvalue weighted by Crippen LogP contribution is -2.38. The molecule has 0 saturated carbocycles. The maximum Gasteiger partial charge on any atom is 0.191 e. The molecule has 1 heterocycles. The number of halogens is 2. The predicted octanol–water partition coefficient (Wildman–Crippen LogP) is 3.34. The smallest absolute Gasteiger partial charge is 0.191 e. The van der Waals surface area contributed by atoms with Crippen molar-refractivity contribution >= 4 is 29.9 Å². The molecule has 5 nitrogen and oxygen atoms in total. The largest absolute Gasteiger partial charge is 0.494 e. The number of rotatable bonds is 7. The maximum atomic E-state index is 13.7. The van der Waals surface area contributed by atoms with Gasteiger partial charge in [-0.2, -0.15) is 0 Å². The molecule has 0 aliphatic heterocycles. The molecule has 24 heavy (non-hydrogen) atoms. The van der Waals surface area contributed by atoms with E-state index in [9.17, 15) is 4.39 Å². The van der Waals surface area contributed by atoms with Crippen LogP contribution in [0.1, 0.15) is 18.2 Å². The number of guanidine groups is 1. The monoisotopic (exact) mass is 447 g/mol. The summed E-state index contributed by atoms with van der Waals surface area (Å²) in [5.41, 5.74) is 0.784. The molecule has 2 aromatic rings. The average molecular weight is 447 g/mol. The summed E-state index contributed by atoms with van der Waals surface area (Å²) in [6, 6.07) is 8.66. The highest BCUT2D eigenvalue weighted by Gasteiger charge is 2.04. The predicted molar refractivity (Wildman–Crippen MR) is 104 cm³/mol. The Morgan fingerprint density at radius 2 is 2.12 bits per heavy atom. The molecule has 0 saturated heterocycles. The van der Waals surface area contributed by atoms with Gasteiger partial charge in [0.25, 0.3) is 0 Å². The molecular formula is C17H23FIN3O2. The molecule has 0 aliphatic rings. The molecule has 0 aliphatic carbocycles. The van der Waals surface area contributed by atoms with Crippen molar-refractivity contribution in [3.63, 3.8) is 0 Å². The van der Waals surface area contributed by atoms with Crippen molar-refractivity contribution in [2.24, 2.45) is 4.99 Å². The van der Waals surface area contributed by atoms with Crippen LogP contribution in [-0.4, -0.2) is 26.2 Å². The fourth-order valence-corrected chi connectivity index (χ4v) is 2.08. The van der Waals surface area contributed by atoms with E-state index in [0.717, 1.165) is 24.3 Å². The van der Waals surface area contributed by atoms with E-state index in [0.29, 0.717) is 19.0 Å². The summed E-state index contributed by atoms with van der Waals surface area (Å²) in [4.78, 5) is 4.46. The lowest BCUT2D eigenvalue weighted by molar-refractivity contribution is 0.386. The van der Waals surface area contributed by atoms with Crippen LogP contribution in [0.5, 0.6) is 5.75 Å². The zero-order valence-electron chi connectivity index (χ0n) is 13.8. The molecule has 132 valence electrons. The van der Waals surface area contributed by atoms with Gasteiger partial charge in [0.1, 0.15) is 5.76 Å². The van der Waals surface area contributed by atoms with Crippen LogP contribution in [0.15, 0.2) is 46.0 Å². The maximum absolute atomic E-state index is 13.7. The second-order valence-electron chi connectivity index (χ2n) is 4.92. The summed E-state index contributed by atoms with van der Waals surface area (Å²) in [5, 5.41) is 6.39. The van der Waals surface area contributed by atoms with Crippen molar-refractivity contribution in [3.05, 3.63) is 53.7 Å². The standard InChI is InChI=1S/C17H22FN3O2.HI/c1-3-19-17(20-9-8-14-5-4-10-23-14)21-12-13-6-7-16(22-2)15(18)11-13;/h4-7,10-11H,3,8-9,12H2,1-2H3,(H2,19,20,21);1H. The SMILES string of the molecule is CCNC(=NCc1ccc(OC)c(F)c1)NCCc1ccco1.I. The molecule has 0 bridgehead atoms. The molecule has 0 atom stereocenters. The molecule has 0 fully saturated rings. The van der Waals surface area contributed by atoms with Crippen LogP contribution in [0.2, 0.25) is 0 Å². The van der Waals surface area contributed by atoms with Crippen LogP contribution in [0, 0.1) is 5.82 Å². The molecule has 2 rings (SSSR count). The van der Waals surface area contributed by atoms with Crippen molar-refractivity contribution in [2.75, 3.05) is 20.2 Å². The highest BCUT2D eigenvalue weighted by atomic mass is 127. The van der Waals surface area contributed by atoms with Gasteiger partial charge in [0.05, 0.1) is 19.9 Å². The van der Waals surface area contributed by atoms with Gasteiger partial charge in [-0.1, -0.05) is 6.07 Å². The van der Waals surface area contributed by atoms with Gasteiger partial charge in [0.2, 0.25) is 0 Å².